The van der Waals surface area contributed by atoms with E-state index >= 15 is 0 Å². The number of carboxylic acids is 1. The number of ether oxygens (including phenoxy) is 1. The normalized spacial score (nSPS) is 13.9. The molecule has 0 spiro atoms. The number of benzene rings is 2. The van der Waals surface area contributed by atoms with Gasteiger partial charge in [-0.25, -0.2) is 9.18 Å². The van der Waals surface area contributed by atoms with Gasteiger partial charge in [0.1, 0.15) is 18.2 Å². The number of nitrogens with zero attached hydrogens (tertiary/aromatic N) is 1. The van der Waals surface area contributed by atoms with Gasteiger partial charge >= 0.3 is 12.1 Å². The molecular weight excluding hydrogens is 509 g/mol. The van der Waals surface area contributed by atoms with E-state index in [1.165, 1.54) is 12.1 Å². The highest BCUT2D eigenvalue weighted by atomic mass is 35.5. The molecule has 0 saturated heterocycles. The fourth-order valence-electron chi connectivity index (χ4n) is 4.04. The number of pyridine rings is 1. The molecule has 0 radical (unpaired) electrons. The summed E-state index contributed by atoms with van der Waals surface area (Å²) < 4.78 is 59.8. The first-order valence-electron chi connectivity index (χ1n) is 10.4. The van der Waals surface area contributed by atoms with E-state index in [0.717, 1.165) is 17.8 Å². The summed E-state index contributed by atoms with van der Waals surface area (Å²) in [4.78, 5) is 14.9. The van der Waals surface area contributed by atoms with Gasteiger partial charge < -0.3 is 9.84 Å². The van der Waals surface area contributed by atoms with Crippen LogP contribution in [0.25, 0.3) is 11.1 Å². The number of halogens is 6. The number of carbonyl (C=O) groups is 1. The van der Waals surface area contributed by atoms with Crippen molar-refractivity contribution in [2.45, 2.75) is 32.0 Å². The maximum atomic E-state index is 14.2. The van der Waals surface area contributed by atoms with Crippen LogP contribution in [0.2, 0.25) is 10.0 Å². The zero-order valence-corrected chi connectivity index (χ0v) is 19.4. The Hall–Kier alpha value is -3.10. The van der Waals surface area contributed by atoms with Gasteiger partial charge in [0, 0.05) is 27.4 Å². The van der Waals surface area contributed by atoms with Gasteiger partial charge in [0.15, 0.2) is 5.69 Å². The Balaban J connectivity index is 1.75. The maximum Gasteiger partial charge on any atom is 0.434 e. The van der Waals surface area contributed by atoms with Crippen LogP contribution in [0, 0.1) is 5.82 Å². The van der Waals surface area contributed by atoms with Gasteiger partial charge in [-0.1, -0.05) is 29.3 Å². The fraction of sp³-hybridized carbons (Fsp3) is 0.200. The second-order valence-corrected chi connectivity index (χ2v) is 8.77. The van der Waals surface area contributed by atoms with Gasteiger partial charge in [0.25, 0.3) is 0 Å². The lowest BCUT2D eigenvalue weighted by Gasteiger charge is -2.16. The zero-order chi connectivity index (χ0) is 25.3. The van der Waals surface area contributed by atoms with Crippen LogP contribution in [0.15, 0.2) is 48.7 Å². The van der Waals surface area contributed by atoms with Gasteiger partial charge in [-0.05, 0) is 72.4 Å². The molecule has 2 aromatic carbocycles. The van der Waals surface area contributed by atoms with E-state index in [-0.39, 0.29) is 22.8 Å². The average Bonchev–Trinajstić information content (AvgIpc) is 3.28. The predicted octanol–water partition coefficient (Wildman–Crippen LogP) is 7.92. The van der Waals surface area contributed by atoms with Crippen LogP contribution in [-0.4, -0.2) is 16.1 Å². The van der Waals surface area contributed by atoms with E-state index in [4.69, 9.17) is 27.9 Å². The second kappa shape index (κ2) is 9.87. The molecule has 35 heavy (non-hydrogen) atoms. The molecule has 1 N–H and O–H groups in total. The fourth-order valence-corrected chi connectivity index (χ4v) is 4.37. The SMILES string of the molecule is O=C(O)c1cc(C2=C(c3cc(Cl)ccc3OCc3ccc(Cl)cc3F)CCC2)cnc1C(F)(F)F. The highest BCUT2D eigenvalue weighted by Gasteiger charge is 2.38. The number of carboxylic acid groups (broad SMARTS) is 1. The Labute approximate surface area is 207 Å². The molecular formula is C25H17Cl2F4NO3. The van der Waals surface area contributed by atoms with Crippen LogP contribution < -0.4 is 4.74 Å². The molecule has 0 aliphatic heterocycles. The molecule has 3 aromatic rings. The predicted molar refractivity (Wildman–Crippen MR) is 124 cm³/mol. The third-order valence-electron chi connectivity index (χ3n) is 5.62. The molecule has 10 heteroatoms. The third-order valence-corrected chi connectivity index (χ3v) is 6.09. The molecule has 182 valence electrons. The standard InChI is InChI=1S/C25H17Cl2F4NO3/c26-15-6-7-22(35-12-13-4-5-16(27)10-21(13)28)19(9-15)18-3-1-2-17(18)14-8-20(24(33)34)23(32-11-14)25(29,30)31/h4-11H,1-3,12H2,(H,33,34). The molecule has 1 heterocycles. The minimum absolute atomic E-state index is 0.0920. The largest absolute Gasteiger partial charge is 0.488 e. The lowest BCUT2D eigenvalue weighted by molar-refractivity contribution is -0.141. The first-order chi connectivity index (χ1) is 16.5. The number of hydrogen-bond acceptors (Lipinski definition) is 3. The minimum Gasteiger partial charge on any atom is -0.488 e. The molecule has 1 aromatic heterocycles. The van der Waals surface area contributed by atoms with Crippen molar-refractivity contribution in [2.75, 3.05) is 0 Å². The first kappa shape index (κ1) is 25.0. The van der Waals surface area contributed by atoms with Crippen molar-refractivity contribution < 1.29 is 32.2 Å². The molecule has 4 rings (SSSR count). The Morgan fingerprint density at radius 3 is 2.40 bits per heavy atom. The number of aromatic nitrogens is 1. The molecule has 4 nitrogen and oxygen atoms in total. The average molecular weight is 526 g/mol. The first-order valence-corrected chi connectivity index (χ1v) is 11.2. The number of hydrogen-bond donors (Lipinski definition) is 1. The zero-order valence-electron chi connectivity index (χ0n) is 17.9. The van der Waals surface area contributed by atoms with Gasteiger partial charge in [-0.3, -0.25) is 4.98 Å². The summed E-state index contributed by atoms with van der Waals surface area (Å²) >= 11 is 12.0. The molecule has 0 atom stereocenters. The topological polar surface area (TPSA) is 59.4 Å². The van der Waals surface area contributed by atoms with Crippen molar-refractivity contribution >= 4 is 40.3 Å². The Kier molecular flexibility index (Phi) is 7.05. The van der Waals surface area contributed by atoms with Crippen molar-refractivity contribution in [3.8, 4) is 5.75 Å². The number of aromatic carboxylic acids is 1. The smallest absolute Gasteiger partial charge is 0.434 e. The number of rotatable bonds is 6. The Morgan fingerprint density at radius 2 is 1.71 bits per heavy atom. The molecule has 0 fully saturated rings. The summed E-state index contributed by atoms with van der Waals surface area (Å²) in [6, 6.07) is 10.1. The summed E-state index contributed by atoms with van der Waals surface area (Å²) in [5, 5.41) is 10.0. The van der Waals surface area contributed by atoms with E-state index in [0.29, 0.717) is 41.2 Å². The van der Waals surface area contributed by atoms with Crippen molar-refractivity contribution in [1.29, 1.82) is 0 Å². The van der Waals surface area contributed by atoms with Gasteiger partial charge in [-0.15, -0.1) is 0 Å². The Bertz CT molecular complexity index is 1340. The van der Waals surface area contributed by atoms with Crippen molar-refractivity contribution in [3.05, 3.63) is 92.5 Å². The molecule has 1 aliphatic rings. The van der Waals surface area contributed by atoms with Crippen LogP contribution in [0.3, 0.4) is 0 Å². The Morgan fingerprint density at radius 1 is 1.03 bits per heavy atom. The lowest BCUT2D eigenvalue weighted by Crippen LogP contribution is -2.15. The molecule has 0 bridgehead atoms. The van der Waals surface area contributed by atoms with E-state index < -0.39 is 29.2 Å². The van der Waals surface area contributed by atoms with Crippen molar-refractivity contribution in [2.24, 2.45) is 0 Å². The summed E-state index contributed by atoms with van der Waals surface area (Å²) in [7, 11) is 0. The van der Waals surface area contributed by atoms with Crippen LogP contribution in [0.5, 0.6) is 5.75 Å². The lowest BCUT2D eigenvalue weighted by atomic mass is 9.96. The minimum atomic E-state index is -4.90. The summed E-state index contributed by atoms with van der Waals surface area (Å²) in [5.74, 6) is -1.84. The van der Waals surface area contributed by atoms with Gasteiger partial charge in [0.2, 0.25) is 0 Å². The van der Waals surface area contributed by atoms with Gasteiger partial charge in [-0.2, -0.15) is 13.2 Å². The van der Waals surface area contributed by atoms with E-state index in [2.05, 4.69) is 4.98 Å². The molecule has 0 amide bonds. The van der Waals surface area contributed by atoms with Gasteiger partial charge in [0.05, 0.1) is 5.56 Å². The quantitative estimate of drug-likeness (QED) is 0.332. The summed E-state index contributed by atoms with van der Waals surface area (Å²) in [6.45, 7) is -0.0920. The number of alkyl halides is 3. The monoisotopic (exact) mass is 525 g/mol. The third kappa shape index (κ3) is 5.44. The highest BCUT2D eigenvalue weighted by Crippen LogP contribution is 2.44. The number of allylic oxidation sites excluding steroid dienone is 2. The van der Waals surface area contributed by atoms with Crippen molar-refractivity contribution in [1.82, 2.24) is 4.98 Å². The second-order valence-electron chi connectivity index (χ2n) is 7.90. The van der Waals surface area contributed by atoms with Crippen LogP contribution >= 0.6 is 23.2 Å². The van der Waals surface area contributed by atoms with E-state index in [1.54, 1.807) is 24.3 Å². The van der Waals surface area contributed by atoms with E-state index in [1.807, 2.05) is 0 Å². The van der Waals surface area contributed by atoms with Crippen LogP contribution in [0.4, 0.5) is 17.6 Å². The highest BCUT2D eigenvalue weighted by molar-refractivity contribution is 6.31. The molecule has 0 unspecified atom stereocenters. The van der Waals surface area contributed by atoms with Crippen LogP contribution in [-0.2, 0) is 12.8 Å². The summed E-state index contributed by atoms with van der Waals surface area (Å²) in [6.07, 6.45) is -2.12. The summed E-state index contributed by atoms with van der Waals surface area (Å²) in [5.41, 5.74) is 0.179. The maximum absolute atomic E-state index is 14.2. The van der Waals surface area contributed by atoms with Crippen molar-refractivity contribution in [3.63, 3.8) is 0 Å². The molecule has 0 saturated carbocycles. The van der Waals surface area contributed by atoms with Crippen LogP contribution in [0.1, 0.15) is 52.0 Å². The van der Waals surface area contributed by atoms with E-state index in [9.17, 15) is 27.5 Å². The molecule has 1 aliphatic carbocycles.